The molecule has 0 amide bonds. The van der Waals surface area contributed by atoms with Crippen molar-refractivity contribution in [3.8, 4) is 0 Å². The van der Waals surface area contributed by atoms with Crippen LogP contribution in [0.4, 0.5) is 5.82 Å². The van der Waals surface area contributed by atoms with Gasteiger partial charge in [0.15, 0.2) is 5.65 Å². The minimum atomic E-state index is 0.126. The van der Waals surface area contributed by atoms with Crippen LogP contribution in [0.15, 0.2) is 60.7 Å². The van der Waals surface area contributed by atoms with Crippen molar-refractivity contribution >= 4 is 22.4 Å². The van der Waals surface area contributed by atoms with E-state index in [4.69, 9.17) is 4.98 Å². The Bertz CT molecular complexity index is 1030. The van der Waals surface area contributed by atoms with Crippen LogP contribution in [0.2, 0.25) is 0 Å². The van der Waals surface area contributed by atoms with Crippen LogP contribution in [-0.2, 0) is 6.42 Å². The SMILES string of the molecule is Cc1cc2nc(NC[C@H](CO)Cc3ccccc3)c3ccccc3n2n1. The van der Waals surface area contributed by atoms with E-state index < -0.39 is 0 Å². The van der Waals surface area contributed by atoms with Crippen LogP contribution < -0.4 is 5.32 Å². The predicted octanol–water partition coefficient (Wildman–Crippen LogP) is 3.45. The van der Waals surface area contributed by atoms with Gasteiger partial charge in [-0.2, -0.15) is 5.10 Å². The fourth-order valence-electron chi connectivity index (χ4n) is 3.30. The van der Waals surface area contributed by atoms with Gasteiger partial charge in [0.05, 0.1) is 11.2 Å². The first-order valence-corrected chi connectivity index (χ1v) is 8.88. The van der Waals surface area contributed by atoms with Gasteiger partial charge in [-0.05, 0) is 31.0 Å². The number of para-hydroxylation sites is 1. The Morgan fingerprint density at radius 1 is 1.08 bits per heavy atom. The zero-order chi connectivity index (χ0) is 17.9. The fourth-order valence-corrected chi connectivity index (χ4v) is 3.30. The number of hydrogen-bond donors (Lipinski definition) is 2. The molecule has 0 spiro atoms. The number of fused-ring (bicyclic) bond motifs is 3. The highest BCUT2D eigenvalue weighted by molar-refractivity contribution is 5.91. The number of benzene rings is 2. The summed E-state index contributed by atoms with van der Waals surface area (Å²) in [6, 6.07) is 20.3. The normalized spacial score (nSPS) is 12.5. The highest BCUT2D eigenvalue weighted by Gasteiger charge is 2.13. The number of aliphatic hydroxyl groups excluding tert-OH is 1. The fraction of sp³-hybridized carbons (Fsp3) is 0.238. The molecule has 0 aliphatic carbocycles. The standard InChI is InChI=1S/C21H22N4O/c1-15-11-20-23-21(18-9-5-6-10-19(18)25(20)24-15)22-13-17(14-26)12-16-7-3-2-4-8-16/h2-11,17,26H,12-14H2,1H3,(H,22,23)/t17-/m1/s1. The number of aromatic nitrogens is 3. The van der Waals surface area contributed by atoms with Crippen molar-refractivity contribution in [3.05, 3.63) is 71.9 Å². The molecule has 26 heavy (non-hydrogen) atoms. The molecule has 2 aromatic carbocycles. The van der Waals surface area contributed by atoms with E-state index in [1.165, 1.54) is 5.56 Å². The van der Waals surface area contributed by atoms with Gasteiger partial charge in [0.25, 0.3) is 0 Å². The van der Waals surface area contributed by atoms with Gasteiger partial charge in [0.2, 0.25) is 0 Å². The van der Waals surface area contributed by atoms with E-state index in [-0.39, 0.29) is 12.5 Å². The molecular weight excluding hydrogens is 324 g/mol. The highest BCUT2D eigenvalue weighted by atomic mass is 16.3. The van der Waals surface area contributed by atoms with E-state index in [2.05, 4.69) is 28.6 Å². The van der Waals surface area contributed by atoms with Crippen molar-refractivity contribution in [1.82, 2.24) is 14.6 Å². The summed E-state index contributed by atoms with van der Waals surface area (Å²) in [4.78, 5) is 4.75. The van der Waals surface area contributed by atoms with E-state index in [9.17, 15) is 5.11 Å². The second-order valence-corrected chi connectivity index (χ2v) is 6.65. The van der Waals surface area contributed by atoms with Crippen LogP contribution in [-0.4, -0.2) is 32.9 Å². The quantitative estimate of drug-likeness (QED) is 0.561. The number of anilines is 1. The van der Waals surface area contributed by atoms with Gasteiger partial charge in [-0.15, -0.1) is 0 Å². The third-order valence-corrected chi connectivity index (χ3v) is 4.61. The molecule has 1 atom stereocenters. The predicted molar refractivity (Wildman–Crippen MR) is 104 cm³/mol. The second-order valence-electron chi connectivity index (χ2n) is 6.65. The van der Waals surface area contributed by atoms with Gasteiger partial charge in [-0.3, -0.25) is 0 Å². The molecule has 0 fully saturated rings. The number of hydrogen-bond acceptors (Lipinski definition) is 4. The summed E-state index contributed by atoms with van der Waals surface area (Å²) < 4.78 is 1.88. The average Bonchev–Trinajstić information content (AvgIpc) is 3.06. The smallest absolute Gasteiger partial charge is 0.158 e. The molecule has 0 radical (unpaired) electrons. The minimum Gasteiger partial charge on any atom is -0.396 e. The van der Waals surface area contributed by atoms with Crippen LogP contribution in [0, 0.1) is 12.8 Å². The monoisotopic (exact) mass is 346 g/mol. The van der Waals surface area contributed by atoms with E-state index >= 15 is 0 Å². The van der Waals surface area contributed by atoms with Crippen LogP contribution >= 0.6 is 0 Å². The maximum absolute atomic E-state index is 9.78. The Hall–Kier alpha value is -2.92. The van der Waals surface area contributed by atoms with Crippen molar-refractivity contribution in [3.63, 3.8) is 0 Å². The van der Waals surface area contributed by atoms with Gasteiger partial charge in [0, 0.05) is 30.5 Å². The lowest BCUT2D eigenvalue weighted by Gasteiger charge is -2.17. The first kappa shape index (κ1) is 16.5. The maximum atomic E-state index is 9.78. The summed E-state index contributed by atoms with van der Waals surface area (Å²) in [5, 5.41) is 18.8. The van der Waals surface area contributed by atoms with Crippen molar-refractivity contribution in [2.75, 3.05) is 18.5 Å². The number of aliphatic hydroxyl groups is 1. The molecule has 5 nitrogen and oxygen atoms in total. The van der Waals surface area contributed by atoms with Crippen molar-refractivity contribution < 1.29 is 5.11 Å². The highest BCUT2D eigenvalue weighted by Crippen LogP contribution is 2.23. The molecule has 2 N–H and O–H groups in total. The molecule has 0 saturated carbocycles. The van der Waals surface area contributed by atoms with E-state index in [0.717, 1.165) is 34.5 Å². The van der Waals surface area contributed by atoms with Gasteiger partial charge < -0.3 is 10.4 Å². The second kappa shape index (κ2) is 7.14. The van der Waals surface area contributed by atoms with E-state index in [0.29, 0.717) is 6.54 Å². The van der Waals surface area contributed by atoms with Gasteiger partial charge in [-0.1, -0.05) is 42.5 Å². The van der Waals surface area contributed by atoms with Gasteiger partial charge in [-0.25, -0.2) is 9.50 Å². The van der Waals surface area contributed by atoms with Crippen molar-refractivity contribution in [2.24, 2.45) is 5.92 Å². The first-order valence-electron chi connectivity index (χ1n) is 8.88. The van der Waals surface area contributed by atoms with Crippen LogP contribution in [0.25, 0.3) is 16.6 Å². The molecule has 2 heterocycles. The minimum absolute atomic E-state index is 0.126. The van der Waals surface area contributed by atoms with Gasteiger partial charge >= 0.3 is 0 Å². The third-order valence-electron chi connectivity index (χ3n) is 4.61. The first-order chi connectivity index (χ1) is 12.7. The molecule has 2 aromatic heterocycles. The molecule has 4 rings (SSSR count). The summed E-state index contributed by atoms with van der Waals surface area (Å²) in [6.45, 7) is 2.76. The molecular formula is C21H22N4O. The lowest BCUT2D eigenvalue weighted by atomic mass is 10.00. The van der Waals surface area contributed by atoms with Crippen molar-refractivity contribution in [2.45, 2.75) is 13.3 Å². The molecule has 0 saturated heterocycles. The lowest BCUT2D eigenvalue weighted by molar-refractivity contribution is 0.232. The van der Waals surface area contributed by atoms with E-state index in [1.807, 2.05) is 53.9 Å². The molecule has 132 valence electrons. The molecule has 0 bridgehead atoms. The van der Waals surface area contributed by atoms with Crippen LogP contribution in [0.1, 0.15) is 11.3 Å². The zero-order valence-corrected chi connectivity index (χ0v) is 14.8. The lowest BCUT2D eigenvalue weighted by Crippen LogP contribution is -2.21. The molecule has 0 aliphatic heterocycles. The summed E-state index contributed by atoms with van der Waals surface area (Å²) in [6.07, 6.45) is 0.830. The summed E-state index contributed by atoms with van der Waals surface area (Å²) in [7, 11) is 0. The van der Waals surface area contributed by atoms with Crippen molar-refractivity contribution in [1.29, 1.82) is 0 Å². The molecule has 0 unspecified atom stereocenters. The Kier molecular flexibility index (Phi) is 4.54. The molecule has 0 aliphatic rings. The molecule has 4 aromatic rings. The van der Waals surface area contributed by atoms with Crippen LogP contribution in [0.3, 0.4) is 0 Å². The third kappa shape index (κ3) is 3.26. The largest absolute Gasteiger partial charge is 0.396 e. The van der Waals surface area contributed by atoms with Crippen LogP contribution in [0.5, 0.6) is 0 Å². The Morgan fingerprint density at radius 2 is 1.85 bits per heavy atom. The summed E-state index contributed by atoms with van der Waals surface area (Å²) in [5.41, 5.74) is 4.02. The van der Waals surface area contributed by atoms with E-state index in [1.54, 1.807) is 0 Å². The average molecular weight is 346 g/mol. The Balaban J connectivity index is 1.61. The number of nitrogens with one attached hydrogen (secondary N) is 1. The molecule has 5 heteroatoms. The Morgan fingerprint density at radius 3 is 2.65 bits per heavy atom. The zero-order valence-electron chi connectivity index (χ0n) is 14.8. The summed E-state index contributed by atoms with van der Waals surface area (Å²) >= 11 is 0. The number of nitrogens with zero attached hydrogens (tertiary/aromatic N) is 3. The van der Waals surface area contributed by atoms with Gasteiger partial charge in [0.1, 0.15) is 5.82 Å². The number of aryl methyl sites for hydroxylation is 1. The summed E-state index contributed by atoms with van der Waals surface area (Å²) in [5.74, 6) is 0.959. The maximum Gasteiger partial charge on any atom is 0.158 e. The number of rotatable bonds is 6. The topological polar surface area (TPSA) is 62.5 Å². The Labute approximate surface area is 152 Å².